The number of phenols is 1. The highest BCUT2D eigenvalue weighted by Gasteiger charge is 2.36. The third kappa shape index (κ3) is 1.52. The van der Waals surface area contributed by atoms with Gasteiger partial charge in [0.1, 0.15) is 5.60 Å². The summed E-state index contributed by atoms with van der Waals surface area (Å²) in [6.07, 6.45) is 0.0453. The molecule has 0 fully saturated rings. The molecule has 1 aliphatic heterocycles. The Hall–Kier alpha value is -1.65. The second-order valence-corrected chi connectivity index (χ2v) is 4.36. The maximum Gasteiger partial charge on any atom is 0.210 e. The average Bonchev–Trinajstić information content (AvgIpc) is 2.16. The first-order valence-electron chi connectivity index (χ1n) is 4.75. The van der Waals surface area contributed by atoms with Gasteiger partial charge in [0, 0.05) is 0 Å². The van der Waals surface area contributed by atoms with Crippen LogP contribution in [0.2, 0.25) is 0 Å². The van der Waals surface area contributed by atoms with Crippen molar-refractivity contribution in [1.29, 1.82) is 0 Å². The van der Waals surface area contributed by atoms with Crippen LogP contribution in [0.15, 0.2) is 6.07 Å². The van der Waals surface area contributed by atoms with Gasteiger partial charge in [0.25, 0.3) is 0 Å². The van der Waals surface area contributed by atoms with Gasteiger partial charge in [-0.1, -0.05) is 0 Å². The summed E-state index contributed by atoms with van der Waals surface area (Å²) >= 11 is 0. The van der Waals surface area contributed by atoms with Gasteiger partial charge in [0.05, 0.1) is 12.0 Å². The molecular weight excluding hydrogens is 218 g/mol. The molecule has 1 heterocycles. The average molecular weight is 228 g/mol. The van der Waals surface area contributed by atoms with Gasteiger partial charge >= 0.3 is 0 Å². The summed E-state index contributed by atoms with van der Waals surface area (Å²) in [5, 5.41) is 9.08. The first kappa shape index (κ1) is 10.9. The first-order chi connectivity index (χ1) is 7.32. The third-order valence-corrected chi connectivity index (χ3v) is 2.41. The Morgan fingerprint density at radius 2 is 2.06 bits per heavy atom. The minimum Gasteiger partial charge on any atom is -0.503 e. The number of fused-ring (bicyclic) bond motifs is 1. The Balaban J connectivity index is 2.67. The van der Waals surface area contributed by atoms with Crippen LogP contribution in [0.1, 0.15) is 30.6 Å². The van der Waals surface area contributed by atoms with Crippen molar-refractivity contribution in [3.63, 3.8) is 0 Å². The summed E-state index contributed by atoms with van der Waals surface area (Å²) in [6, 6.07) is 0.797. The van der Waals surface area contributed by atoms with Crippen molar-refractivity contribution in [3.05, 3.63) is 23.3 Å². The van der Waals surface area contributed by atoms with Crippen LogP contribution in [0.25, 0.3) is 0 Å². The van der Waals surface area contributed by atoms with Crippen LogP contribution < -0.4 is 4.74 Å². The summed E-state index contributed by atoms with van der Waals surface area (Å²) in [7, 11) is 0. The molecule has 86 valence electrons. The van der Waals surface area contributed by atoms with E-state index in [4.69, 9.17) is 9.84 Å². The van der Waals surface area contributed by atoms with Crippen LogP contribution >= 0.6 is 0 Å². The van der Waals surface area contributed by atoms with Gasteiger partial charge in [0.2, 0.25) is 5.82 Å². The molecule has 16 heavy (non-hydrogen) atoms. The van der Waals surface area contributed by atoms with E-state index in [1.54, 1.807) is 13.8 Å². The number of hydrogen-bond donors (Lipinski definition) is 1. The number of hydrogen-bond acceptors (Lipinski definition) is 3. The zero-order chi connectivity index (χ0) is 12.1. The molecule has 2 rings (SSSR count). The van der Waals surface area contributed by atoms with Crippen molar-refractivity contribution in [2.75, 3.05) is 0 Å². The lowest BCUT2D eigenvalue weighted by molar-refractivity contribution is 0.0587. The van der Waals surface area contributed by atoms with E-state index in [0.717, 1.165) is 6.07 Å². The van der Waals surface area contributed by atoms with Crippen molar-refractivity contribution in [2.45, 2.75) is 25.9 Å². The molecule has 5 heteroatoms. The van der Waals surface area contributed by atoms with Gasteiger partial charge in [-0.15, -0.1) is 0 Å². The van der Waals surface area contributed by atoms with Gasteiger partial charge in [-0.2, -0.15) is 4.39 Å². The van der Waals surface area contributed by atoms with Crippen molar-refractivity contribution < 1.29 is 23.4 Å². The number of phenolic OH excluding ortho intramolecular Hbond substituents is 1. The van der Waals surface area contributed by atoms with E-state index in [1.807, 2.05) is 0 Å². The van der Waals surface area contributed by atoms with Crippen LogP contribution in [0.4, 0.5) is 8.78 Å². The number of carbonyl (C=O) groups excluding carboxylic acids is 1. The Morgan fingerprint density at radius 1 is 1.44 bits per heavy atom. The largest absolute Gasteiger partial charge is 0.503 e. The molecule has 0 unspecified atom stereocenters. The highest BCUT2D eigenvalue weighted by molar-refractivity contribution is 6.00. The predicted molar refractivity (Wildman–Crippen MR) is 51.7 cm³/mol. The number of Topliss-reactive ketones (excluding diaryl/α,β-unsaturated/α-hetero) is 1. The van der Waals surface area contributed by atoms with Crippen molar-refractivity contribution in [2.24, 2.45) is 0 Å². The van der Waals surface area contributed by atoms with Crippen LogP contribution in [-0.4, -0.2) is 16.5 Å². The smallest absolute Gasteiger partial charge is 0.210 e. The van der Waals surface area contributed by atoms with E-state index < -0.39 is 28.8 Å². The van der Waals surface area contributed by atoms with Gasteiger partial charge in [-0.05, 0) is 19.9 Å². The lowest BCUT2D eigenvalue weighted by atomic mass is 9.93. The van der Waals surface area contributed by atoms with E-state index >= 15 is 0 Å². The molecule has 0 bridgehead atoms. The maximum atomic E-state index is 13.5. The Kier molecular flexibility index (Phi) is 2.15. The van der Waals surface area contributed by atoms with Crippen LogP contribution in [-0.2, 0) is 0 Å². The zero-order valence-electron chi connectivity index (χ0n) is 8.80. The van der Waals surface area contributed by atoms with Crippen molar-refractivity contribution >= 4 is 5.78 Å². The minimum absolute atomic E-state index is 0.0453. The standard InChI is InChI=1S/C11H10F2O3/c1-11(2)4-7(14)5-3-6(12)9(15)8(13)10(5)16-11/h3,15H,4H2,1-2H3. The summed E-state index contributed by atoms with van der Waals surface area (Å²) in [4.78, 5) is 11.6. The highest BCUT2D eigenvalue weighted by atomic mass is 19.1. The molecule has 0 spiro atoms. The molecular formula is C11H10F2O3. The monoisotopic (exact) mass is 228 g/mol. The second kappa shape index (κ2) is 3.17. The lowest BCUT2D eigenvalue weighted by Gasteiger charge is -2.31. The van der Waals surface area contributed by atoms with Gasteiger partial charge in [-0.3, -0.25) is 4.79 Å². The molecule has 0 amide bonds. The summed E-state index contributed by atoms with van der Waals surface area (Å²) in [6.45, 7) is 3.24. The van der Waals surface area contributed by atoms with E-state index in [-0.39, 0.29) is 17.7 Å². The van der Waals surface area contributed by atoms with E-state index in [1.165, 1.54) is 0 Å². The minimum atomic E-state index is -1.23. The fraction of sp³-hybridized carbons (Fsp3) is 0.364. The number of carbonyl (C=O) groups is 1. The third-order valence-electron chi connectivity index (χ3n) is 2.41. The molecule has 0 saturated heterocycles. The number of benzene rings is 1. The molecule has 0 aliphatic carbocycles. The predicted octanol–water partition coefficient (Wildman–Crippen LogP) is 2.41. The highest BCUT2D eigenvalue weighted by Crippen LogP contribution is 2.39. The molecule has 1 aliphatic rings. The molecule has 1 aromatic carbocycles. The fourth-order valence-corrected chi connectivity index (χ4v) is 1.69. The normalized spacial score (nSPS) is 17.9. The van der Waals surface area contributed by atoms with Gasteiger partial charge < -0.3 is 9.84 Å². The summed E-state index contributed by atoms with van der Waals surface area (Å²) in [5.74, 6) is -4.28. The van der Waals surface area contributed by atoms with Crippen LogP contribution in [0.5, 0.6) is 11.5 Å². The van der Waals surface area contributed by atoms with Crippen molar-refractivity contribution in [1.82, 2.24) is 0 Å². The fourth-order valence-electron chi connectivity index (χ4n) is 1.69. The van der Waals surface area contributed by atoms with Crippen molar-refractivity contribution in [3.8, 4) is 11.5 Å². The zero-order valence-corrected chi connectivity index (χ0v) is 8.80. The van der Waals surface area contributed by atoms with Crippen LogP contribution in [0, 0.1) is 11.6 Å². The Morgan fingerprint density at radius 3 is 2.69 bits per heavy atom. The van der Waals surface area contributed by atoms with Gasteiger partial charge in [-0.25, -0.2) is 4.39 Å². The maximum absolute atomic E-state index is 13.5. The molecule has 0 saturated carbocycles. The number of aromatic hydroxyl groups is 1. The van der Waals surface area contributed by atoms with Crippen LogP contribution in [0.3, 0.4) is 0 Å². The Labute approximate surface area is 90.7 Å². The van der Waals surface area contributed by atoms with E-state index in [0.29, 0.717) is 0 Å². The SMILES string of the molecule is CC1(C)CC(=O)c2cc(F)c(O)c(F)c2O1. The lowest BCUT2D eigenvalue weighted by Crippen LogP contribution is -2.36. The summed E-state index contributed by atoms with van der Waals surface area (Å²) in [5.41, 5.74) is -1.01. The Bertz CT molecular complexity index is 481. The number of ketones is 1. The second-order valence-electron chi connectivity index (χ2n) is 4.36. The molecule has 0 aromatic heterocycles. The van der Waals surface area contributed by atoms with Gasteiger partial charge in [0.15, 0.2) is 23.1 Å². The number of ether oxygens (including phenoxy) is 1. The quantitative estimate of drug-likeness (QED) is 0.741. The molecule has 1 N–H and O–H groups in total. The summed E-state index contributed by atoms with van der Waals surface area (Å²) < 4.78 is 31.8. The molecule has 1 aromatic rings. The molecule has 0 atom stereocenters. The molecule has 0 radical (unpaired) electrons. The topological polar surface area (TPSA) is 46.5 Å². The van der Waals surface area contributed by atoms with E-state index in [9.17, 15) is 13.6 Å². The number of halogens is 2. The van der Waals surface area contributed by atoms with E-state index in [2.05, 4.69) is 0 Å². The molecule has 3 nitrogen and oxygen atoms in total. The first-order valence-corrected chi connectivity index (χ1v) is 4.75. The number of rotatable bonds is 0.